The first-order valence-corrected chi connectivity index (χ1v) is 4.66. The van der Waals surface area contributed by atoms with Crippen LogP contribution in [0, 0.1) is 5.41 Å². The fourth-order valence-electron chi connectivity index (χ4n) is 1.35. The SMILES string of the molecule is CC(C)(C)/C=C/C1CC(N)CN1. The zero-order valence-electron chi connectivity index (χ0n) is 8.30. The standard InChI is InChI=1S/C10H20N2/c1-10(2,3)5-4-9-6-8(11)7-12-9/h4-5,8-9,12H,6-7,11H2,1-3H3/b5-4+. The Balaban J connectivity index is 2.37. The van der Waals surface area contributed by atoms with Crippen LogP contribution in [0.5, 0.6) is 0 Å². The molecule has 1 saturated heterocycles. The number of hydrogen-bond acceptors (Lipinski definition) is 2. The molecule has 0 aliphatic carbocycles. The highest BCUT2D eigenvalue weighted by atomic mass is 15.0. The van der Waals surface area contributed by atoms with Gasteiger partial charge in [-0.1, -0.05) is 32.9 Å². The number of rotatable bonds is 1. The lowest BCUT2D eigenvalue weighted by atomic mass is 9.95. The molecule has 0 saturated carbocycles. The Labute approximate surface area is 75.2 Å². The van der Waals surface area contributed by atoms with Gasteiger partial charge in [-0.15, -0.1) is 0 Å². The van der Waals surface area contributed by atoms with Crippen LogP contribution in [-0.4, -0.2) is 18.6 Å². The molecule has 2 atom stereocenters. The smallest absolute Gasteiger partial charge is 0.0266 e. The van der Waals surface area contributed by atoms with Gasteiger partial charge in [-0.25, -0.2) is 0 Å². The molecule has 12 heavy (non-hydrogen) atoms. The van der Waals surface area contributed by atoms with Crippen LogP contribution in [0.15, 0.2) is 12.2 Å². The summed E-state index contributed by atoms with van der Waals surface area (Å²) in [5.74, 6) is 0. The van der Waals surface area contributed by atoms with Crippen molar-refractivity contribution in [2.24, 2.45) is 11.1 Å². The van der Waals surface area contributed by atoms with Crippen molar-refractivity contribution in [2.45, 2.75) is 39.3 Å². The maximum atomic E-state index is 5.77. The maximum Gasteiger partial charge on any atom is 0.0266 e. The third-order valence-electron chi connectivity index (χ3n) is 2.03. The minimum absolute atomic E-state index is 0.286. The molecule has 1 rings (SSSR count). The van der Waals surface area contributed by atoms with Gasteiger partial charge in [0.1, 0.15) is 0 Å². The first kappa shape index (κ1) is 9.75. The molecule has 2 unspecified atom stereocenters. The highest BCUT2D eigenvalue weighted by molar-refractivity contribution is 5.03. The summed E-state index contributed by atoms with van der Waals surface area (Å²) in [6.07, 6.45) is 5.57. The maximum absolute atomic E-state index is 5.77. The summed E-state index contributed by atoms with van der Waals surface area (Å²) in [6.45, 7) is 7.58. The number of hydrogen-bond donors (Lipinski definition) is 2. The molecule has 0 spiro atoms. The van der Waals surface area contributed by atoms with Gasteiger partial charge in [0.15, 0.2) is 0 Å². The number of nitrogens with one attached hydrogen (secondary N) is 1. The van der Waals surface area contributed by atoms with Crippen LogP contribution in [-0.2, 0) is 0 Å². The van der Waals surface area contributed by atoms with Gasteiger partial charge in [0.25, 0.3) is 0 Å². The first-order chi connectivity index (χ1) is 5.47. The second-order valence-corrected chi connectivity index (χ2v) is 4.74. The molecule has 0 aromatic carbocycles. The van der Waals surface area contributed by atoms with Crippen molar-refractivity contribution < 1.29 is 0 Å². The Morgan fingerprint density at radius 3 is 2.50 bits per heavy atom. The van der Waals surface area contributed by atoms with Gasteiger partial charge in [-0.3, -0.25) is 0 Å². The fourth-order valence-corrected chi connectivity index (χ4v) is 1.35. The second-order valence-electron chi connectivity index (χ2n) is 4.74. The van der Waals surface area contributed by atoms with Gasteiger partial charge in [-0.05, 0) is 11.8 Å². The molecule has 3 N–H and O–H groups in total. The van der Waals surface area contributed by atoms with E-state index in [0.717, 1.165) is 13.0 Å². The lowest BCUT2D eigenvalue weighted by Crippen LogP contribution is -2.22. The molecule has 0 aromatic heterocycles. The predicted molar refractivity (Wildman–Crippen MR) is 53.0 cm³/mol. The van der Waals surface area contributed by atoms with Gasteiger partial charge in [-0.2, -0.15) is 0 Å². The topological polar surface area (TPSA) is 38.0 Å². The van der Waals surface area contributed by atoms with E-state index < -0.39 is 0 Å². The van der Waals surface area contributed by atoms with Crippen LogP contribution >= 0.6 is 0 Å². The van der Waals surface area contributed by atoms with Gasteiger partial charge in [0.2, 0.25) is 0 Å². The Bertz CT molecular complexity index is 167. The average molecular weight is 168 g/mol. The number of allylic oxidation sites excluding steroid dienone is 1. The van der Waals surface area contributed by atoms with Crippen molar-refractivity contribution in [3.8, 4) is 0 Å². The largest absolute Gasteiger partial charge is 0.326 e. The van der Waals surface area contributed by atoms with E-state index in [4.69, 9.17) is 5.73 Å². The van der Waals surface area contributed by atoms with Gasteiger partial charge >= 0.3 is 0 Å². The zero-order chi connectivity index (χ0) is 9.19. The van der Waals surface area contributed by atoms with Gasteiger partial charge < -0.3 is 11.1 Å². The first-order valence-electron chi connectivity index (χ1n) is 4.66. The van der Waals surface area contributed by atoms with Crippen LogP contribution in [0.25, 0.3) is 0 Å². The molecule has 0 bridgehead atoms. The summed E-state index contributed by atoms with van der Waals surface area (Å²) >= 11 is 0. The van der Waals surface area contributed by atoms with Crippen LogP contribution < -0.4 is 11.1 Å². The molecule has 0 aromatic rings. The number of nitrogens with two attached hydrogens (primary N) is 1. The van der Waals surface area contributed by atoms with Gasteiger partial charge in [0, 0.05) is 18.6 Å². The summed E-state index contributed by atoms with van der Waals surface area (Å²) in [7, 11) is 0. The van der Waals surface area contributed by atoms with E-state index in [-0.39, 0.29) is 5.41 Å². The van der Waals surface area contributed by atoms with E-state index in [9.17, 15) is 0 Å². The summed E-state index contributed by atoms with van der Waals surface area (Å²) in [4.78, 5) is 0. The lowest BCUT2D eigenvalue weighted by molar-refractivity contribution is 0.537. The normalized spacial score (nSPS) is 31.7. The Kier molecular flexibility index (Phi) is 2.91. The third kappa shape index (κ3) is 3.37. The van der Waals surface area contributed by atoms with Crippen molar-refractivity contribution in [3.05, 3.63) is 12.2 Å². The average Bonchev–Trinajstić information content (AvgIpc) is 2.30. The van der Waals surface area contributed by atoms with E-state index in [1.54, 1.807) is 0 Å². The quantitative estimate of drug-likeness (QED) is 0.579. The molecule has 1 fully saturated rings. The summed E-state index contributed by atoms with van der Waals surface area (Å²) < 4.78 is 0. The summed E-state index contributed by atoms with van der Waals surface area (Å²) in [5, 5.41) is 3.37. The summed E-state index contributed by atoms with van der Waals surface area (Å²) in [6, 6.07) is 0.846. The van der Waals surface area contributed by atoms with Crippen LogP contribution in [0.1, 0.15) is 27.2 Å². The molecule has 0 amide bonds. The fraction of sp³-hybridized carbons (Fsp3) is 0.800. The van der Waals surface area contributed by atoms with Crippen LogP contribution in [0.4, 0.5) is 0 Å². The zero-order valence-corrected chi connectivity index (χ0v) is 8.30. The Morgan fingerprint density at radius 2 is 2.08 bits per heavy atom. The van der Waals surface area contributed by atoms with E-state index >= 15 is 0 Å². The molecule has 0 radical (unpaired) electrons. The van der Waals surface area contributed by atoms with E-state index in [1.807, 2.05) is 0 Å². The third-order valence-corrected chi connectivity index (χ3v) is 2.03. The Morgan fingerprint density at radius 1 is 1.42 bits per heavy atom. The molecule has 1 heterocycles. The van der Waals surface area contributed by atoms with Crippen LogP contribution in [0.2, 0.25) is 0 Å². The minimum Gasteiger partial charge on any atom is -0.326 e. The van der Waals surface area contributed by atoms with Gasteiger partial charge in [0.05, 0.1) is 0 Å². The molecular weight excluding hydrogens is 148 g/mol. The van der Waals surface area contributed by atoms with Crippen molar-refractivity contribution in [1.29, 1.82) is 0 Å². The summed E-state index contributed by atoms with van der Waals surface area (Å²) in [5.41, 5.74) is 6.05. The highest BCUT2D eigenvalue weighted by Crippen LogP contribution is 2.16. The molecule has 2 heteroatoms. The van der Waals surface area contributed by atoms with Crippen molar-refractivity contribution >= 4 is 0 Å². The van der Waals surface area contributed by atoms with Crippen LogP contribution in [0.3, 0.4) is 0 Å². The molecular formula is C10H20N2. The molecule has 1 aliphatic rings. The van der Waals surface area contributed by atoms with Crippen molar-refractivity contribution in [2.75, 3.05) is 6.54 Å². The second kappa shape index (κ2) is 3.58. The van der Waals surface area contributed by atoms with Crippen molar-refractivity contribution in [3.63, 3.8) is 0 Å². The molecule has 2 nitrogen and oxygen atoms in total. The molecule has 70 valence electrons. The molecule has 1 aliphatic heterocycles. The van der Waals surface area contributed by atoms with E-state index in [0.29, 0.717) is 12.1 Å². The lowest BCUT2D eigenvalue weighted by Gasteiger charge is -2.13. The van der Waals surface area contributed by atoms with E-state index in [1.165, 1.54) is 0 Å². The predicted octanol–water partition coefficient (Wildman–Crippen LogP) is 1.28. The Hall–Kier alpha value is -0.340. The van der Waals surface area contributed by atoms with Crippen molar-refractivity contribution in [1.82, 2.24) is 5.32 Å². The van der Waals surface area contributed by atoms with E-state index in [2.05, 4.69) is 38.2 Å². The highest BCUT2D eigenvalue weighted by Gasteiger charge is 2.18. The monoisotopic (exact) mass is 168 g/mol. The minimum atomic E-state index is 0.286.